The predicted octanol–water partition coefficient (Wildman–Crippen LogP) is 3.38. The number of nitrogens with one attached hydrogen (secondary N) is 1. The summed E-state index contributed by atoms with van der Waals surface area (Å²) >= 11 is 6.10. The van der Waals surface area contributed by atoms with E-state index < -0.39 is 0 Å². The number of methoxy groups -OCH3 is 1. The quantitative estimate of drug-likeness (QED) is 0.857. The Morgan fingerprint density at radius 2 is 1.90 bits per heavy atom. The lowest BCUT2D eigenvalue weighted by Crippen LogP contribution is -2.27. The number of carbonyl (C=O) groups excluding carboxylic acids is 1. The summed E-state index contributed by atoms with van der Waals surface area (Å²) < 4.78 is 4.90. The van der Waals surface area contributed by atoms with Crippen LogP contribution < -0.4 is 5.32 Å². The minimum absolute atomic E-state index is 0.190. The highest BCUT2D eigenvalue weighted by atomic mass is 35.5. The number of hydrogen-bond donors (Lipinski definition) is 1. The van der Waals surface area contributed by atoms with Gasteiger partial charge >= 0.3 is 0 Å². The van der Waals surface area contributed by atoms with E-state index in [9.17, 15) is 4.79 Å². The van der Waals surface area contributed by atoms with Crippen LogP contribution in [-0.4, -0.2) is 26.2 Å². The van der Waals surface area contributed by atoms with E-state index in [0.29, 0.717) is 23.7 Å². The monoisotopic (exact) mass is 289 g/mol. The first kappa shape index (κ1) is 14.6. The summed E-state index contributed by atoms with van der Waals surface area (Å²) in [4.78, 5) is 12.1. The molecule has 0 atom stereocenters. The van der Waals surface area contributed by atoms with Crippen LogP contribution in [0, 0.1) is 0 Å². The van der Waals surface area contributed by atoms with Gasteiger partial charge in [-0.05, 0) is 23.3 Å². The molecule has 104 valence electrons. The van der Waals surface area contributed by atoms with Gasteiger partial charge in [-0.15, -0.1) is 0 Å². The van der Waals surface area contributed by atoms with Gasteiger partial charge in [0.1, 0.15) is 0 Å². The smallest absolute Gasteiger partial charge is 0.252 e. The molecule has 3 nitrogen and oxygen atoms in total. The van der Waals surface area contributed by atoms with Crippen molar-refractivity contribution in [2.24, 2.45) is 0 Å². The van der Waals surface area contributed by atoms with Gasteiger partial charge in [0.2, 0.25) is 0 Å². The SMILES string of the molecule is COCCNC(=O)c1cc(-c2ccccc2)ccc1Cl. The van der Waals surface area contributed by atoms with Crippen LogP contribution in [0.25, 0.3) is 11.1 Å². The maximum absolute atomic E-state index is 12.1. The van der Waals surface area contributed by atoms with Crippen LogP contribution in [-0.2, 0) is 4.74 Å². The number of carbonyl (C=O) groups is 1. The summed E-state index contributed by atoms with van der Waals surface area (Å²) in [7, 11) is 1.59. The molecule has 20 heavy (non-hydrogen) atoms. The maximum Gasteiger partial charge on any atom is 0.252 e. The van der Waals surface area contributed by atoms with Crippen LogP contribution in [0.3, 0.4) is 0 Å². The highest BCUT2D eigenvalue weighted by Crippen LogP contribution is 2.25. The molecule has 0 bridgehead atoms. The van der Waals surface area contributed by atoms with E-state index in [2.05, 4.69) is 5.32 Å². The van der Waals surface area contributed by atoms with Crippen LogP contribution in [0.5, 0.6) is 0 Å². The number of ether oxygens (including phenoxy) is 1. The molecule has 0 aliphatic heterocycles. The molecule has 4 heteroatoms. The van der Waals surface area contributed by atoms with E-state index in [0.717, 1.165) is 11.1 Å². The summed E-state index contributed by atoms with van der Waals surface area (Å²) in [6, 6.07) is 15.3. The summed E-state index contributed by atoms with van der Waals surface area (Å²) in [6.45, 7) is 0.933. The summed E-state index contributed by atoms with van der Waals surface area (Å²) in [5.41, 5.74) is 2.49. The highest BCUT2D eigenvalue weighted by molar-refractivity contribution is 6.34. The molecule has 2 aromatic rings. The van der Waals surface area contributed by atoms with E-state index in [1.165, 1.54) is 0 Å². The molecule has 2 rings (SSSR count). The Hall–Kier alpha value is -1.84. The third-order valence-electron chi connectivity index (χ3n) is 2.91. The van der Waals surface area contributed by atoms with Crippen LogP contribution in [0.4, 0.5) is 0 Å². The van der Waals surface area contributed by atoms with Crippen molar-refractivity contribution in [1.82, 2.24) is 5.32 Å². The molecular weight excluding hydrogens is 274 g/mol. The van der Waals surface area contributed by atoms with Crippen molar-refractivity contribution in [2.75, 3.05) is 20.3 Å². The third-order valence-corrected chi connectivity index (χ3v) is 3.24. The molecule has 0 saturated carbocycles. The number of halogens is 1. The first-order valence-electron chi connectivity index (χ1n) is 6.34. The third kappa shape index (κ3) is 3.59. The van der Waals surface area contributed by atoms with Gasteiger partial charge in [0.05, 0.1) is 17.2 Å². The molecule has 0 fully saturated rings. The number of rotatable bonds is 5. The molecule has 0 aromatic heterocycles. The zero-order valence-electron chi connectivity index (χ0n) is 11.2. The molecule has 0 radical (unpaired) electrons. The fourth-order valence-electron chi connectivity index (χ4n) is 1.87. The lowest BCUT2D eigenvalue weighted by atomic mass is 10.0. The zero-order valence-corrected chi connectivity index (χ0v) is 12.0. The first-order chi connectivity index (χ1) is 9.72. The Kier molecular flexibility index (Phi) is 5.16. The molecule has 1 amide bonds. The predicted molar refractivity (Wildman–Crippen MR) is 81.1 cm³/mol. The van der Waals surface area contributed by atoms with Crippen LogP contribution in [0.2, 0.25) is 5.02 Å². The van der Waals surface area contributed by atoms with Crippen LogP contribution >= 0.6 is 11.6 Å². The van der Waals surface area contributed by atoms with Crippen molar-refractivity contribution in [2.45, 2.75) is 0 Å². The molecule has 0 aliphatic rings. The summed E-state index contributed by atoms with van der Waals surface area (Å²) in [6.07, 6.45) is 0. The molecule has 0 heterocycles. The maximum atomic E-state index is 12.1. The molecule has 0 aliphatic carbocycles. The van der Waals surface area contributed by atoms with Crippen molar-refractivity contribution in [3.63, 3.8) is 0 Å². The Labute approximate surface area is 123 Å². The van der Waals surface area contributed by atoms with Gasteiger partial charge < -0.3 is 10.1 Å². The molecular formula is C16H16ClNO2. The minimum atomic E-state index is -0.190. The van der Waals surface area contributed by atoms with Crippen molar-refractivity contribution in [3.05, 3.63) is 59.1 Å². The van der Waals surface area contributed by atoms with Crippen LogP contribution in [0.15, 0.2) is 48.5 Å². The van der Waals surface area contributed by atoms with Gasteiger partial charge in [-0.3, -0.25) is 4.79 Å². The molecule has 1 N–H and O–H groups in total. The second-order valence-corrected chi connectivity index (χ2v) is 4.72. The fourth-order valence-corrected chi connectivity index (χ4v) is 2.07. The zero-order chi connectivity index (χ0) is 14.4. The largest absolute Gasteiger partial charge is 0.383 e. The standard InChI is InChI=1S/C16H16ClNO2/c1-20-10-9-18-16(19)14-11-13(7-8-15(14)17)12-5-3-2-4-6-12/h2-8,11H,9-10H2,1H3,(H,18,19). The summed E-state index contributed by atoms with van der Waals surface area (Å²) in [5.74, 6) is -0.190. The number of benzene rings is 2. The summed E-state index contributed by atoms with van der Waals surface area (Å²) in [5, 5.41) is 3.22. The molecule has 2 aromatic carbocycles. The number of hydrogen-bond acceptors (Lipinski definition) is 2. The second-order valence-electron chi connectivity index (χ2n) is 4.31. The average molecular weight is 290 g/mol. The Morgan fingerprint density at radius 1 is 1.15 bits per heavy atom. The van der Waals surface area contributed by atoms with E-state index >= 15 is 0 Å². The van der Waals surface area contributed by atoms with Crippen molar-refractivity contribution < 1.29 is 9.53 Å². The Morgan fingerprint density at radius 3 is 2.60 bits per heavy atom. The number of amides is 1. The fraction of sp³-hybridized carbons (Fsp3) is 0.188. The van der Waals surface area contributed by atoms with E-state index in [1.807, 2.05) is 36.4 Å². The Bertz CT molecular complexity index is 584. The van der Waals surface area contributed by atoms with Crippen molar-refractivity contribution >= 4 is 17.5 Å². The topological polar surface area (TPSA) is 38.3 Å². The van der Waals surface area contributed by atoms with Gasteiger partial charge in [0.25, 0.3) is 5.91 Å². The van der Waals surface area contributed by atoms with Gasteiger partial charge in [0, 0.05) is 13.7 Å². The van der Waals surface area contributed by atoms with Gasteiger partial charge in [-0.2, -0.15) is 0 Å². The van der Waals surface area contributed by atoms with E-state index in [4.69, 9.17) is 16.3 Å². The molecule has 0 saturated heterocycles. The normalized spacial score (nSPS) is 10.3. The van der Waals surface area contributed by atoms with Gasteiger partial charge in [0.15, 0.2) is 0 Å². The van der Waals surface area contributed by atoms with Gasteiger partial charge in [-0.1, -0.05) is 48.0 Å². The van der Waals surface area contributed by atoms with E-state index in [1.54, 1.807) is 19.2 Å². The minimum Gasteiger partial charge on any atom is -0.383 e. The van der Waals surface area contributed by atoms with E-state index in [-0.39, 0.29) is 5.91 Å². The average Bonchev–Trinajstić information content (AvgIpc) is 2.49. The lowest BCUT2D eigenvalue weighted by Gasteiger charge is -2.09. The lowest BCUT2D eigenvalue weighted by molar-refractivity contribution is 0.0937. The second kappa shape index (κ2) is 7.08. The van der Waals surface area contributed by atoms with Crippen molar-refractivity contribution in [1.29, 1.82) is 0 Å². The first-order valence-corrected chi connectivity index (χ1v) is 6.72. The van der Waals surface area contributed by atoms with Crippen LogP contribution in [0.1, 0.15) is 10.4 Å². The highest BCUT2D eigenvalue weighted by Gasteiger charge is 2.11. The van der Waals surface area contributed by atoms with Crippen molar-refractivity contribution in [3.8, 4) is 11.1 Å². The Balaban J connectivity index is 2.23. The molecule has 0 unspecified atom stereocenters. The van der Waals surface area contributed by atoms with Gasteiger partial charge in [-0.25, -0.2) is 0 Å². The molecule has 0 spiro atoms.